The molecule has 1 saturated heterocycles. The molecule has 1 heterocycles. The van der Waals surface area contributed by atoms with Crippen LogP contribution < -0.4 is 5.32 Å². The smallest absolute Gasteiger partial charge is 0.253 e. The van der Waals surface area contributed by atoms with Crippen LogP contribution in [-0.2, 0) is 4.74 Å². The van der Waals surface area contributed by atoms with Crippen molar-refractivity contribution in [2.24, 2.45) is 0 Å². The molecule has 1 fully saturated rings. The van der Waals surface area contributed by atoms with Gasteiger partial charge in [-0.1, -0.05) is 18.2 Å². The van der Waals surface area contributed by atoms with E-state index < -0.39 is 43.2 Å². The maximum Gasteiger partial charge on any atom is 0.253 e. The maximum atomic E-state index is 11.9. The Labute approximate surface area is 115 Å². The van der Waals surface area contributed by atoms with Crippen LogP contribution in [0.1, 0.15) is 10.4 Å². The predicted molar refractivity (Wildman–Crippen MR) is 67.7 cm³/mol. The van der Waals surface area contributed by atoms with Crippen molar-refractivity contribution in [1.29, 1.82) is 0 Å². The van der Waals surface area contributed by atoms with Crippen molar-refractivity contribution in [3.63, 3.8) is 0 Å². The number of benzene rings is 1. The average Bonchev–Trinajstić information content (AvgIpc) is 2.48. The molecule has 0 bridgehead atoms. The molecular weight excluding hydrogens is 266 g/mol. The fourth-order valence-electron chi connectivity index (χ4n) is 2.02. The number of aliphatic hydroxyl groups excluding tert-OH is 4. The molecule has 110 valence electrons. The molecule has 0 aliphatic carbocycles. The van der Waals surface area contributed by atoms with Gasteiger partial charge in [0.15, 0.2) is 6.23 Å². The maximum absolute atomic E-state index is 11.9. The Morgan fingerprint density at radius 3 is 2.35 bits per heavy atom. The van der Waals surface area contributed by atoms with Gasteiger partial charge in [-0.05, 0) is 12.1 Å². The molecule has 0 spiro atoms. The van der Waals surface area contributed by atoms with Gasteiger partial charge >= 0.3 is 0 Å². The van der Waals surface area contributed by atoms with Crippen molar-refractivity contribution in [1.82, 2.24) is 5.32 Å². The summed E-state index contributed by atoms with van der Waals surface area (Å²) < 4.78 is 5.18. The summed E-state index contributed by atoms with van der Waals surface area (Å²) in [6, 6.07) is 8.29. The molecule has 2 rings (SSSR count). The zero-order valence-corrected chi connectivity index (χ0v) is 10.6. The van der Waals surface area contributed by atoms with E-state index in [2.05, 4.69) is 5.32 Å². The van der Waals surface area contributed by atoms with Gasteiger partial charge in [0.1, 0.15) is 24.4 Å². The minimum Gasteiger partial charge on any atom is -0.394 e. The van der Waals surface area contributed by atoms with Crippen LogP contribution in [0.2, 0.25) is 0 Å². The summed E-state index contributed by atoms with van der Waals surface area (Å²) in [6.07, 6.45) is -6.70. The molecule has 7 heteroatoms. The third kappa shape index (κ3) is 2.97. The number of ether oxygens (including phenoxy) is 1. The minimum atomic E-state index is -1.51. The molecule has 0 radical (unpaired) electrons. The molecule has 1 aliphatic heterocycles. The number of nitrogens with one attached hydrogen (secondary N) is 1. The topological polar surface area (TPSA) is 119 Å². The summed E-state index contributed by atoms with van der Waals surface area (Å²) in [7, 11) is 0. The van der Waals surface area contributed by atoms with Crippen molar-refractivity contribution in [3.05, 3.63) is 35.9 Å². The van der Waals surface area contributed by atoms with E-state index in [1.807, 2.05) is 0 Å². The first-order valence-electron chi connectivity index (χ1n) is 6.21. The lowest BCUT2D eigenvalue weighted by Crippen LogP contribution is -2.63. The van der Waals surface area contributed by atoms with E-state index in [0.29, 0.717) is 5.56 Å². The van der Waals surface area contributed by atoms with E-state index in [-0.39, 0.29) is 0 Å². The highest BCUT2D eigenvalue weighted by molar-refractivity contribution is 5.94. The lowest BCUT2D eigenvalue weighted by Gasteiger charge is -2.40. The Morgan fingerprint density at radius 1 is 1.10 bits per heavy atom. The zero-order valence-electron chi connectivity index (χ0n) is 10.6. The quantitative estimate of drug-likeness (QED) is 0.447. The summed E-state index contributed by atoms with van der Waals surface area (Å²) >= 11 is 0. The largest absolute Gasteiger partial charge is 0.394 e. The molecule has 5 N–H and O–H groups in total. The standard InChI is InChI=1S/C13H17NO6/c15-6-8-9(16)10(17)11(18)13(20-8)14-12(19)7-4-2-1-3-5-7/h1-5,8-11,13,15-18H,6H2,(H,14,19)/t8-,9-,10+,11+,13-/m1/s1. The lowest BCUT2D eigenvalue weighted by atomic mass is 9.98. The average molecular weight is 283 g/mol. The van der Waals surface area contributed by atoms with E-state index in [1.165, 1.54) is 0 Å². The molecule has 1 amide bonds. The number of aliphatic hydroxyl groups is 4. The van der Waals surface area contributed by atoms with Crippen LogP contribution in [0.25, 0.3) is 0 Å². The van der Waals surface area contributed by atoms with Gasteiger partial charge in [-0.25, -0.2) is 0 Å². The van der Waals surface area contributed by atoms with Crippen LogP contribution in [0.3, 0.4) is 0 Å². The Kier molecular flexibility index (Phi) is 4.69. The highest BCUT2D eigenvalue weighted by atomic mass is 16.6. The Hall–Kier alpha value is -1.51. The van der Waals surface area contributed by atoms with Crippen LogP contribution >= 0.6 is 0 Å². The second kappa shape index (κ2) is 6.29. The van der Waals surface area contributed by atoms with Gasteiger partial charge in [-0.3, -0.25) is 4.79 Å². The number of hydrogen-bond acceptors (Lipinski definition) is 6. The Morgan fingerprint density at radius 2 is 1.75 bits per heavy atom. The molecule has 7 nitrogen and oxygen atoms in total. The minimum absolute atomic E-state index is 0.365. The summed E-state index contributed by atoms with van der Waals surface area (Å²) in [5.74, 6) is -0.491. The van der Waals surface area contributed by atoms with Gasteiger partial charge < -0.3 is 30.5 Å². The molecule has 0 saturated carbocycles. The highest BCUT2D eigenvalue weighted by Gasteiger charge is 2.43. The third-order valence-corrected chi connectivity index (χ3v) is 3.20. The molecule has 0 aromatic heterocycles. The third-order valence-electron chi connectivity index (χ3n) is 3.20. The molecular formula is C13H17NO6. The van der Waals surface area contributed by atoms with Crippen LogP contribution in [0, 0.1) is 0 Å². The molecule has 1 aromatic rings. The second-order valence-electron chi connectivity index (χ2n) is 4.59. The van der Waals surface area contributed by atoms with Gasteiger partial charge in [0, 0.05) is 5.56 Å². The Balaban J connectivity index is 2.06. The first-order valence-corrected chi connectivity index (χ1v) is 6.21. The normalized spacial score (nSPS) is 33.7. The molecule has 1 aromatic carbocycles. The number of hydrogen-bond donors (Lipinski definition) is 5. The molecule has 0 unspecified atom stereocenters. The van der Waals surface area contributed by atoms with Gasteiger partial charge in [0.2, 0.25) is 0 Å². The van der Waals surface area contributed by atoms with E-state index in [1.54, 1.807) is 30.3 Å². The second-order valence-corrected chi connectivity index (χ2v) is 4.59. The van der Waals surface area contributed by atoms with Crippen molar-refractivity contribution >= 4 is 5.91 Å². The van der Waals surface area contributed by atoms with Gasteiger partial charge in [-0.2, -0.15) is 0 Å². The number of rotatable bonds is 3. The van der Waals surface area contributed by atoms with Crippen molar-refractivity contribution < 1.29 is 30.0 Å². The van der Waals surface area contributed by atoms with Crippen LogP contribution in [-0.4, -0.2) is 63.6 Å². The Bertz CT molecular complexity index is 451. The summed E-state index contributed by atoms with van der Waals surface area (Å²) in [6.45, 7) is -0.539. The van der Waals surface area contributed by atoms with Gasteiger partial charge in [0.05, 0.1) is 6.61 Å². The fourth-order valence-corrected chi connectivity index (χ4v) is 2.02. The number of carbonyl (C=O) groups is 1. The zero-order chi connectivity index (χ0) is 14.7. The van der Waals surface area contributed by atoms with Crippen molar-refractivity contribution in [2.45, 2.75) is 30.6 Å². The predicted octanol–water partition coefficient (Wildman–Crippen LogP) is -1.78. The number of amides is 1. The van der Waals surface area contributed by atoms with E-state index in [9.17, 15) is 20.1 Å². The van der Waals surface area contributed by atoms with Crippen LogP contribution in [0.15, 0.2) is 30.3 Å². The number of carbonyl (C=O) groups excluding carboxylic acids is 1. The fraction of sp³-hybridized carbons (Fsp3) is 0.462. The lowest BCUT2D eigenvalue weighted by molar-refractivity contribution is -0.233. The molecule has 20 heavy (non-hydrogen) atoms. The van der Waals surface area contributed by atoms with E-state index >= 15 is 0 Å². The monoisotopic (exact) mass is 283 g/mol. The highest BCUT2D eigenvalue weighted by Crippen LogP contribution is 2.20. The molecule has 1 aliphatic rings. The van der Waals surface area contributed by atoms with Crippen molar-refractivity contribution in [2.75, 3.05) is 6.61 Å². The van der Waals surface area contributed by atoms with E-state index in [0.717, 1.165) is 0 Å². The first-order chi connectivity index (χ1) is 9.54. The van der Waals surface area contributed by atoms with E-state index in [4.69, 9.17) is 9.84 Å². The van der Waals surface area contributed by atoms with Crippen molar-refractivity contribution in [3.8, 4) is 0 Å². The summed E-state index contributed by atoms with van der Waals surface area (Å²) in [5.41, 5.74) is 0.365. The molecule has 5 atom stereocenters. The van der Waals surface area contributed by atoms with Crippen LogP contribution in [0.5, 0.6) is 0 Å². The summed E-state index contributed by atoms with van der Waals surface area (Å²) in [4.78, 5) is 11.9. The van der Waals surface area contributed by atoms with Gasteiger partial charge in [-0.15, -0.1) is 0 Å². The first kappa shape index (κ1) is 14.9. The van der Waals surface area contributed by atoms with Gasteiger partial charge in [0.25, 0.3) is 5.91 Å². The summed E-state index contributed by atoms with van der Waals surface area (Å²) in [5, 5.41) is 40.5. The van der Waals surface area contributed by atoms with Crippen LogP contribution in [0.4, 0.5) is 0 Å². The SMILES string of the molecule is O=C(N[C@@H]1O[C@H](CO)[C@@H](O)[C@H](O)[C@@H]1O)c1ccccc1.